The highest BCUT2D eigenvalue weighted by Crippen LogP contribution is 2.18. The Bertz CT molecular complexity index is 356. The van der Waals surface area contributed by atoms with E-state index in [1.54, 1.807) is 0 Å². The Morgan fingerprint density at radius 2 is 1.86 bits per heavy atom. The van der Waals surface area contributed by atoms with Crippen LogP contribution >= 0.6 is 24.0 Å². The smallest absolute Gasteiger partial charge is 0.357 e. The summed E-state index contributed by atoms with van der Waals surface area (Å²) in [7, 11) is 0. The Balaban J connectivity index is 0.00000242. The second-order valence-corrected chi connectivity index (χ2v) is 5.50. The standard InChI is InChI=1S/C13H24F3N5.HI/c1-2-17-12(18-4-3-13(14,15)16)19-9-11-10-20-5-7-21(11)8-6-20;/h11H,2-10H2,1H3,(H2,17,18,19);1H. The van der Waals surface area contributed by atoms with Crippen molar-refractivity contribution in [3.8, 4) is 0 Å². The van der Waals surface area contributed by atoms with E-state index in [4.69, 9.17) is 0 Å². The molecule has 3 saturated heterocycles. The Kier molecular flexibility index (Phi) is 8.19. The molecular weight excluding hydrogens is 410 g/mol. The number of nitrogens with zero attached hydrogens (tertiary/aromatic N) is 3. The van der Waals surface area contributed by atoms with Crippen LogP contribution in [0.25, 0.3) is 0 Å². The van der Waals surface area contributed by atoms with Crippen molar-refractivity contribution >= 4 is 29.9 Å². The van der Waals surface area contributed by atoms with Crippen LogP contribution in [0.1, 0.15) is 13.3 Å². The highest BCUT2D eigenvalue weighted by molar-refractivity contribution is 14.0. The van der Waals surface area contributed by atoms with Gasteiger partial charge in [-0.1, -0.05) is 0 Å². The summed E-state index contributed by atoms with van der Waals surface area (Å²) in [5.74, 6) is 0.472. The number of piperazine rings is 3. The predicted molar refractivity (Wildman–Crippen MR) is 91.9 cm³/mol. The number of hydrogen-bond acceptors (Lipinski definition) is 3. The highest BCUT2D eigenvalue weighted by atomic mass is 127. The van der Waals surface area contributed by atoms with Gasteiger partial charge in [0.25, 0.3) is 0 Å². The van der Waals surface area contributed by atoms with Gasteiger partial charge < -0.3 is 10.6 Å². The summed E-state index contributed by atoms with van der Waals surface area (Å²) in [4.78, 5) is 9.27. The first-order chi connectivity index (χ1) is 9.98. The fourth-order valence-electron chi connectivity index (χ4n) is 2.76. The molecular formula is C13H25F3IN5. The number of fused-ring (bicyclic) bond motifs is 3. The van der Waals surface area contributed by atoms with Crippen molar-refractivity contribution in [2.75, 3.05) is 52.4 Å². The van der Waals surface area contributed by atoms with E-state index in [1.165, 1.54) is 0 Å². The molecule has 2 bridgehead atoms. The fraction of sp³-hybridized carbons (Fsp3) is 0.923. The van der Waals surface area contributed by atoms with E-state index in [1.807, 2.05) is 6.92 Å². The van der Waals surface area contributed by atoms with E-state index in [2.05, 4.69) is 25.4 Å². The molecule has 2 N–H and O–H groups in total. The topological polar surface area (TPSA) is 42.9 Å². The number of halogens is 4. The van der Waals surface area contributed by atoms with Gasteiger partial charge in [-0.05, 0) is 6.92 Å². The Morgan fingerprint density at radius 1 is 1.18 bits per heavy atom. The van der Waals surface area contributed by atoms with Crippen molar-refractivity contribution in [2.45, 2.75) is 25.6 Å². The van der Waals surface area contributed by atoms with Crippen LogP contribution in [0.2, 0.25) is 0 Å². The highest BCUT2D eigenvalue weighted by Gasteiger charge is 2.31. The molecule has 1 unspecified atom stereocenters. The molecule has 5 nitrogen and oxygen atoms in total. The summed E-state index contributed by atoms with van der Waals surface area (Å²) < 4.78 is 36.5. The van der Waals surface area contributed by atoms with Crippen molar-refractivity contribution in [3.05, 3.63) is 0 Å². The second-order valence-electron chi connectivity index (χ2n) is 5.50. The third-order valence-electron chi connectivity index (χ3n) is 3.90. The normalized spacial score (nSPS) is 28.2. The van der Waals surface area contributed by atoms with E-state index in [0.717, 1.165) is 32.7 Å². The molecule has 9 heteroatoms. The zero-order chi connectivity index (χ0) is 15.3. The monoisotopic (exact) mass is 435 g/mol. The first-order valence-electron chi connectivity index (χ1n) is 7.53. The summed E-state index contributed by atoms with van der Waals surface area (Å²) in [5.41, 5.74) is 0. The average Bonchev–Trinajstić information content (AvgIpc) is 2.45. The van der Waals surface area contributed by atoms with Crippen molar-refractivity contribution in [1.29, 1.82) is 0 Å². The lowest BCUT2D eigenvalue weighted by atomic mass is 10.1. The first kappa shape index (κ1) is 19.8. The quantitative estimate of drug-likeness (QED) is 0.386. The van der Waals surface area contributed by atoms with Gasteiger partial charge in [-0.15, -0.1) is 24.0 Å². The van der Waals surface area contributed by atoms with E-state index >= 15 is 0 Å². The summed E-state index contributed by atoms with van der Waals surface area (Å²) in [6.45, 7) is 8.39. The fourth-order valence-corrected chi connectivity index (χ4v) is 2.76. The van der Waals surface area contributed by atoms with Crippen molar-refractivity contribution < 1.29 is 13.2 Å². The van der Waals surface area contributed by atoms with Crippen molar-refractivity contribution in [2.24, 2.45) is 4.99 Å². The van der Waals surface area contributed by atoms with Crippen molar-refractivity contribution in [3.63, 3.8) is 0 Å². The lowest BCUT2D eigenvalue weighted by Crippen LogP contribution is -2.62. The number of rotatable bonds is 5. The maximum atomic E-state index is 12.2. The third-order valence-corrected chi connectivity index (χ3v) is 3.90. The average molecular weight is 435 g/mol. The summed E-state index contributed by atoms with van der Waals surface area (Å²) in [5, 5.41) is 5.74. The minimum absolute atomic E-state index is 0. The molecule has 3 fully saturated rings. The van der Waals surface area contributed by atoms with Gasteiger partial charge in [0.2, 0.25) is 0 Å². The first-order valence-corrected chi connectivity index (χ1v) is 7.53. The molecule has 0 amide bonds. The van der Waals surface area contributed by atoms with Gasteiger partial charge in [-0.25, -0.2) is 0 Å². The largest absolute Gasteiger partial charge is 0.390 e. The lowest BCUT2D eigenvalue weighted by Gasteiger charge is -2.47. The molecule has 130 valence electrons. The van der Waals surface area contributed by atoms with Crippen LogP contribution in [0, 0.1) is 0 Å². The van der Waals surface area contributed by atoms with Crippen LogP contribution < -0.4 is 10.6 Å². The van der Waals surface area contributed by atoms with E-state index in [9.17, 15) is 13.2 Å². The summed E-state index contributed by atoms with van der Waals surface area (Å²) in [6.07, 6.45) is -4.98. The molecule has 0 spiro atoms. The molecule has 3 heterocycles. The predicted octanol–water partition coefficient (Wildman–Crippen LogP) is 1.11. The van der Waals surface area contributed by atoms with E-state index < -0.39 is 12.6 Å². The van der Waals surface area contributed by atoms with E-state index in [-0.39, 0.29) is 30.5 Å². The zero-order valence-corrected chi connectivity index (χ0v) is 15.2. The van der Waals surface area contributed by atoms with Crippen LogP contribution in [-0.2, 0) is 0 Å². The van der Waals surface area contributed by atoms with Gasteiger partial charge in [-0.2, -0.15) is 13.2 Å². The Hall–Kier alpha value is -0.290. The molecule has 3 aliphatic heterocycles. The molecule has 0 aromatic rings. The molecule has 22 heavy (non-hydrogen) atoms. The van der Waals surface area contributed by atoms with Crippen LogP contribution in [0.5, 0.6) is 0 Å². The van der Waals surface area contributed by atoms with Gasteiger partial charge in [0, 0.05) is 51.9 Å². The molecule has 1 atom stereocenters. The molecule has 0 radical (unpaired) electrons. The van der Waals surface area contributed by atoms with Gasteiger partial charge in [-0.3, -0.25) is 14.8 Å². The second kappa shape index (κ2) is 9.11. The number of hydrogen-bond donors (Lipinski definition) is 2. The zero-order valence-electron chi connectivity index (χ0n) is 12.8. The number of nitrogens with one attached hydrogen (secondary N) is 2. The number of guanidine groups is 1. The lowest BCUT2D eigenvalue weighted by molar-refractivity contribution is -0.132. The maximum Gasteiger partial charge on any atom is 0.390 e. The minimum atomic E-state index is -4.13. The molecule has 0 aliphatic carbocycles. The van der Waals surface area contributed by atoms with Gasteiger partial charge in [0.05, 0.1) is 13.0 Å². The molecule has 0 aromatic carbocycles. The maximum absolute atomic E-state index is 12.2. The molecule has 0 saturated carbocycles. The molecule has 3 rings (SSSR count). The summed E-state index contributed by atoms with van der Waals surface area (Å²) >= 11 is 0. The Labute approximate surface area is 146 Å². The SMILES string of the molecule is CCNC(=NCC1CN2CCN1CC2)NCCC(F)(F)F.I. The van der Waals surface area contributed by atoms with Crippen LogP contribution in [0.4, 0.5) is 13.2 Å². The molecule has 3 aliphatic rings. The Morgan fingerprint density at radius 3 is 2.36 bits per heavy atom. The number of aliphatic imine (C=N–C) groups is 1. The van der Waals surface area contributed by atoms with Crippen molar-refractivity contribution in [1.82, 2.24) is 20.4 Å². The van der Waals surface area contributed by atoms with Gasteiger partial charge in [0.1, 0.15) is 0 Å². The van der Waals surface area contributed by atoms with E-state index in [0.29, 0.717) is 25.1 Å². The summed E-state index contributed by atoms with van der Waals surface area (Å²) in [6, 6.07) is 0.380. The van der Waals surface area contributed by atoms with Crippen LogP contribution in [-0.4, -0.2) is 80.3 Å². The van der Waals surface area contributed by atoms with Gasteiger partial charge in [0.15, 0.2) is 5.96 Å². The van der Waals surface area contributed by atoms with Gasteiger partial charge >= 0.3 is 6.18 Å². The molecule has 0 aromatic heterocycles. The van der Waals surface area contributed by atoms with Crippen LogP contribution in [0.15, 0.2) is 4.99 Å². The number of alkyl halides is 3. The minimum Gasteiger partial charge on any atom is -0.357 e. The van der Waals surface area contributed by atoms with Crippen LogP contribution in [0.3, 0.4) is 0 Å². The third kappa shape index (κ3) is 6.45.